The largest absolute Gasteiger partial charge is 0.352 e. The van der Waals surface area contributed by atoms with Crippen LogP contribution in [0.4, 0.5) is 0 Å². The maximum atomic E-state index is 5.93. The fourth-order valence-electron chi connectivity index (χ4n) is 2.42. The molecule has 150 valence electrons. The van der Waals surface area contributed by atoms with Gasteiger partial charge in [-0.15, -0.1) is 35.3 Å². The molecule has 1 aromatic carbocycles. The van der Waals surface area contributed by atoms with Crippen molar-refractivity contribution in [3.63, 3.8) is 0 Å². The van der Waals surface area contributed by atoms with Crippen LogP contribution in [0, 0.1) is 0 Å². The maximum Gasteiger partial charge on any atom is 0.191 e. The number of nitrogens with zero attached hydrogens (tertiary/aromatic N) is 4. The zero-order chi connectivity index (χ0) is 19.2. The van der Waals surface area contributed by atoms with Crippen molar-refractivity contribution in [1.82, 2.24) is 25.4 Å². The Morgan fingerprint density at radius 1 is 1.21 bits per heavy atom. The average Bonchev–Trinajstić information content (AvgIpc) is 3.32. The van der Waals surface area contributed by atoms with Gasteiger partial charge >= 0.3 is 0 Å². The molecule has 0 aliphatic carbocycles. The van der Waals surface area contributed by atoms with E-state index in [0.717, 1.165) is 27.9 Å². The van der Waals surface area contributed by atoms with E-state index in [2.05, 4.69) is 44.9 Å². The maximum absolute atomic E-state index is 5.93. The zero-order valence-corrected chi connectivity index (χ0v) is 19.9. The van der Waals surface area contributed by atoms with Crippen molar-refractivity contribution in [1.29, 1.82) is 0 Å². The van der Waals surface area contributed by atoms with E-state index in [-0.39, 0.29) is 24.0 Å². The van der Waals surface area contributed by atoms with E-state index in [9.17, 15) is 0 Å². The van der Waals surface area contributed by atoms with Gasteiger partial charge in [-0.05, 0) is 30.2 Å². The van der Waals surface area contributed by atoms with Gasteiger partial charge in [0.15, 0.2) is 5.96 Å². The molecule has 0 atom stereocenters. The molecule has 0 radical (unpaired) electrons. The van der Waals surface area contributed by atoms with Gasteiger partial charge in [-0.25, -0.2) is 9.67 Å². The first-order valence-corrected chi connectivity index (χ1v) is 9.99. The van der Waals surface area contributed by atoms with Crippen molar-refractivity contribution in [2.75, 3.05) is 7.05 Å². The number of hydrogen-bond donors (Lipinski definition) is 2. The number of hydrogen-bond acceptors (Lipinski definition) is 4. The predicted octanol–water partition coefficient (Wildman–Crippen LogP) is 4.59. The number of aromatic nitrogens is 3. The highest BCUT2D eigenvalue weighted by molar-refractivity contribution is 14.0. The molecule has 0 unspecified atom stereocenters. The van der Waals surface area contributed by atoms with Gasteiger partial charge in [0.25, 0.3) is 0 Å². The molecule has 2 heterocycles. The Hall–Kier alpha value is -1.65. The molecular weight excluding hydrogens is 507 g/mol. The van der Waals surface area contributed by atoms with Crippen LogP contribution in [-0.2, 0) is 13.1 Å². The molecule has 0 fully saturated rings. The third-order valence-electron chi connectivity index (χ3n) is 3.98. The summed E-state index contributed by atoms with van der Waals surface area (Å²) in [6.07, 6.45) is 3.82. The number of rotatable bonds is 6. The molecule has 0 aliphatic rings. The number of nitrogens with one attached hydrogen (secondary N) is 2. The summed E-state index contributed by atoms with van der Waals surface area (Å²) in [5.41, 5.74) is 3.16. The molecule has 6 nitrogen and oxygen atoms in total. The quantitative estimate of drug-likeness (QED) is 0.278. The van der Waals surface area contributed by atoms with E-state index in [1.807, 2.05) is 41.3 Å². The van der Waals surface area contributed by atoms with Gasteiger partial charge < -0.3 is 10.6 Å². The number of aliphatic imine (C=N–C) groups is 1. The van der Waals surface area contributed by atoms with Crippen LogP contribution < -0.4 is 10.6 Å². The van der Waals surface area contributed by atoms with E-state index in [0.29, 0.717) is 24.0 Å². The molecule has 0 saturated heterocycles. The topological polar surface area (TPSA) is 67.1 Å². The first kappa shape index (κ1) is 22.6. The third kappa shape index (κ3) is 6.18. The Balaban J connectivity index is 0.00000280. The van der Waals surface area contributed by atoms with E-state index >= 15 is 0 Å². The second-order valence-corrected chi connectivity index (χ2v) is 7.75. The fraction of sp³-hybridized carbons (Fsp3) is 0.316. The van der Waals surface area contributed by atoms with Gasteiger partial charge in [0.05, 0.1) is 24.1 Å². The smallest absolute Gasteiger partial charge is 0.191 e. The van der Waals surface area contributed by atoms with Crippen molar-refractivity contribution >= 4 is 52.9 Å². The van der Waals surface area contributed by atoms with E-state index < -0.39 is 0 Å². The minimum atomic E-state index is 0. The van der Waals surface area contributed by atoms with Crippen molar-refractivity contribution < 1.29 is 0 Å². The summed E-state index contributed by atoms with van der Waals surface area (Å²) < 4.78 is 1.83. The normalized spacial score (nSPS) is 11.4. The van der Waals surface area contributed by atoms with Crippen molar-refractivity contribution in [3.05, 3.63) is 63.3 Å². The molecule has 3 rings (SSSR count). The lowest BCUT2D eigenvalue weighted by Crippen LogP contribution is -2.36. The lowest BCUT2D eigenvalue weighted by Gasteiger charge is -2.10. The highest BCUT2D eigenvalue weighted by Crippen LogP contribution is 2.17. The summed E-state index contributed by atoms with van der Waals surface area (Å²) in [7, 11) is 1.76. The van der Waals surface area contributed by atoms with Crippen LogP contribution in [-0.4, -0.2) is 27.8 Å². The van der Waals surface area contributed by atoms with Crippen LogP contribution in [0.5, 0.6) is 0 Å². The molecular formula is C19H24ClIN6S. The van der Waals surface area contributed by atoms with Gasteiger partial charge in [0.2, 0.25) is 0 Å². The molecule has 0 saturated carbocycles. The zero-order valence-electron chi connectivity index (χ0n) is 16.0. The summed E-state index contributed by atoms with van der Waals surface area (Å²) in [6.45, 7) is 5.58. The number of guanidine groups is 1. The monoisotopic (exact) mass is 530 g/mol. The molecule has 2 N–H and O–H groups in total. The molecule has 9 heteroatoms. The second-order valence-electron chi connectivity index (χ2n) is 6.37. The van der Waals surface area contributed by atoms with Crippen LogP contribution in [0.25, 0.3) is 5.69 Å². The van der Waals surface area contributed by atoms with Gasteiger partial charge in [-0.1, -0.05) is 25.4 Å². The molecule has 2 aromatic heterocycles. The molecule has 0 spiro atoms. The SMILES string of the molecule is CN=C(NCc1cnn(-c2ccc(Cl)cc2)c1)NCc1nc(C(C)C)cs1.I. The summed E-state index contributed by atoms with van der Waals surface area (Å²) >= 11 is 7.60. The lowest BCUT2D eigenvalue weighted by molar-refractivity contribution is 0.785. The highest BCUT2D eigenvalue weighted by Gasteiger charge is 2.07. The fourth-order valence-corrected chi connectivity index (χ4v) is 3.44. The summed E-state index contributed by atoms with van der Waals surface area (Å²) in [5, 5.41) is 14.9. The highest BCUT2D eigenvalue weighted by atomic mass is 127. The number of benzene rings is 1. The Labute approximate surface area is 191 Å². The van der Waals surface area contributed by atoms with Crippen molar-refractivity contribution in [2.45, 2.75) is 32.9 Å². The molecule has 0 bridgehead atoms. The van der Waals surface area contributed by atoms with Crippen LogP contribution in [0.3, 0.4) is 0 Å². The Morgan fingerprint density at radius 2 is 1.93 bits per heavy atom. The van der Waals surface area contributed by atoms with E-state index in [4.69, 9.17) is 11.6 Å². The van der Waals surface area contributed by atoms with E-state index in [1.165, 1.54) is 0 Å². The molecule has 0 amide bonds. The summed E-state index contributed by atoms with van der Waals surface area (Å²) in [4.78, 5) is 8.89. The van der Waals surface area contributed by atoms with Crippen molar-refractivity contribution in [2.24, 2.45) is 4.99 Å². The number of halogens is 2. The lowest BCUT2D eigenvalue weighted by atomic mass is 10.2. The molecule has 3 aromatic rings. The minimum absolute atomic E-state index is 0. The van der Waals surface area contributed by atoms with Gasteiger partial charge in [0.1, 0.15) is 5.01 Å². The Bertz CT molecular complexity index is 903. The Kier molecular flexibility index (Phi) is 8.71. The first-order chi connectivity index (χ1) is 13.0. The first-order valence-electron chi connectivity index (χ1n) is 8.73. The standard InChI is InChI=1S/C19H23ClN6S.HI/c1-13(2)17-12-27-18(25-17)10-23-19(21-3)22-8-14-9-24-26(11-14)16-6-4-15(20)5-7-16;/h4-7,9,11-13H,8,10H2,1-3H3,(H2,21,22,23);1H. The van der Waals surface area contributed by atoms with Gasteiger partial charge in [0, 0.05) is 35.8 Å². The average molecular weight is 531 g/mol. The summed E-state index contributed by atoms with van der Waals surface area (Å²) in [6, 6.07) is 7.58. The van der Waals surface area contributed by atoms with Crippen molar-refractivity contribution in [3.8, 4) is 5.69 Å². The van der Waals surface area contributed by atoms with Crippen LogP contribution in [0.2, 0.25) is 5.02 Å². The second kappa shape index (κ2) is 10.8. The van der Waals surface area contributed by atoms with Gasteiger partial charge in [-0.2, -0.15) is 5.10 Å². The molecule has 0 aliphatic heterocycles. The minimum Gasteiger partial charge on any atom is -0.352 e. The summed E-state index contributed by atoms with van der Waals surface area (Å²) in [5.74, 6) is 1.18. The van der Waals surface area contributed by atoms with Crippen LogP contribution >= 0.6 is 46.9 Å². The van der Waals surface area contributed by atoms with Gasteiger partial charge in [-0.3, -0.25) is 4.99 Å². The van der Waals surface area contributed by atoms with E-state index in [1.54, 1.807) is 18.4 Å². The van der Waals surface area contributed by atoms with Crippen LogP contribution in [0.1, 0.15) is 36.0 Å². The van der Waals surface area contributed by atoms with Crippen LogP contribution in [0.15, 0.2) is 47.0 Å². The number of thiazole rings is 1. The Morgan fingerprint density at radius 3 is 2.57 bits per heavy atom. The third-order valence-corrected chi connectivity index (χ3v) is 5.10. The molecule has 28 heavy (non-hydrogen) atoms. The predicted molar refractivity (Wildman–Crippen MR) is 127 cm³/mol.